The van der Waals surface area contributed by atoms with Crippen molar-refractivity contribution < 1.29 is 5.11 Å². The van der Waals surface area contributed by atoms with Crippen LogP contribution in [0, 0.1) is 0 Å². The predicted molar refractivity (Wildman–Crippen MR) is 64.2 cm³/mol. The fraction of sp³-hybridized carbons (Fsp3) is 0.800. The fourth-order valence-corrected chi connectivity index (χ4v) is 12.1. The minimum atomic E-state index is -1.20. The van der Waals surface area contributed by atoms with Crippen molar-refractivity contribution >= 4 is 15.2 Å². The minimum Gasteiger partial charge on any atom is -0.393 e. The molecule has 0 radical (unpaired) electrons. The summed E-state index contributed by atoms with van der Waals surface area (Å²) in [7, 11) is -2.24. The van der Waals surface area contributed by atoms with Gasteiger partial charge in [0.25, 0.3) is 0 Å². The summed E-state index contributed by atoms with van der Waals surface area (Å²) in [4.78, 5) is 0. The van der Waals surface area contributed by atoms with Crippen LogP contribution in [-0.2, 0) is 0 Å². The number of rotatable bonds is 1. The van der Waals surface area contributed by atoms with Gasteiger partial charge in [-0.1, -0.05) is 37.4 Å². The van der Waals surface area contributed by atoms with Gasteiger partial charge in [0.05, 0.1) is 13.7 Å². The van der Waals surface area contributed by atoms with Crippen LogP contribution in [0.15, 0.2) is 11.8 Å². The Balaban J connectivity index is 2.86. The molecule has 1 fully saturated rings. The molecule has 0 saturated carbocycles. The molecular weight excluding hydrogens is 192 g/mol. The molecular formula is C10H22OSi2. The van der Waals surface area contributed by atoms with Crippen LogP contribution in [0.2, 0.25) is 32.2 Å². The molecule has 0 amide bonds. The number of aliphatic hydroxyl groups is 1. The molecule has 3 heteroatoms. The first-order chi connectivity index (χ1) is 5.77. The molecule has 0 aromatic heterocycles. The van der Waals surface area contributed by atoms with Gasteiger partial charge in [0.2, 0.25) is 0 Å². The zero-order chi connectivity index (χ0) is 10.3. The van der Waals surface area contributed by atoms with Crippen LogP contribution in [0.4, 0.5) is 0 Å². The second-order valence-electron chi connectivity index (χ2n) is 5.58. The first kappa shape index (κ1) is 11.2. The summed E-state index contributed by atoms with van der Waals surface area (Å²) in [6.45, 7) is 14.1. The topological polar surface area (TPSA) is 20.2 Å². The molecule has 1 aliphatic rings. The maximum atomic E-state index is 9.55. The fourth-order valence-electron chi connectivity index (χ4n) is 2.15. The molecule has 1 heterocycles. The smallest absolute Gasteiger partial charge is 0.0710 e. The summed E-state index contributed by atoms with van der Waals surface area (Å²) in [5.41, 5.74) is 0. The molecule has 1 rings (SSSR count). The Morgan fingerprint density at radius 2 is 2.00 bits per heavy atom. The molecule has 1 saturated heterocycles. The maximum Gasteiger partial charge on any atom is 0.0710 e. The van der Waals surface area contributed by atoms with Gasteiger partial charge in [0.1, 0.15) is 0 Å². The van der Waals surface area contributed by atoms with Crippen LogP contribution in [0.3, 0.4) is 0 Å². The molecule has 0 aromatic carbocycles. The van der Waals surface area contributed by atoms with Crippen LogP contribution in [0.25, 0.3) is 0 Å². The zero-order valence-corrected chi connectivity index (χ0v) is 11.4. The molecule has 1 nitrogen and oxygen atoms in total. The van der Waals surface area contributed by atoms with E-state index < -0.39 is 15.2 Å². The van der Waals surface area contributed by atoms with Crippen LogP contribution in [0.5, 0.6) is 0 Å². The largest absolute Gasteiger partial charge is 0.393 e. The maximum absolute atomic E-state index is 9.55. The Morgan fingerprint density at radius 3 is 2.38 bits per heavy atom. The van der Waals surface area contributed by atoms with Gasteiger partial charge in [-0.3, -0.25) is 0 Å². The van der Waals surface area contributed by atoms with Crippen molar-refractivity contribution in [1.82, 2.24) is 0 Å². The second-order valence-corrected chi connectivity index (χ2v) is 21.8. The normalized spacial score (nSPS) is 36.4. The number of hydrogen-bond acceptors (Lipinski definition) is 1. The average molecular weight is 214 g/mol. The van der Waals surface area contributed by atoms with Gasteiger partial charge < -0.3 is 5.11 Å². The molecule has 2 atom stereocenters. The summed E-state index contributed by atoms with van der Waals surface area (Å²) in [5, 5.41) is 11.0. The van der Waals surface area contributed by atoms with Gasteiger partial charge in [-0.15, -0.1) is 6.58 Å². The van der Waals surface area contributed by atoms with Crippen molar-refractivity contribution in [2.24, 2.45) is 0 Å². The highest BCUT2D eigenvalue weighted by molar-refractivity contribution is 7.43. The Hall–Kier alpha value is 0.134. The summed E-state index contributed by atoms with van der Waals surface area (Å²) in [6.07, 6.45) is 1.81. The van der Waals surface area contributed by atoms with Crippen molar-refractivity contribution in [3.63, 3.8) is 0 Å². The van der Waals surface area contributed by atoms with Gasteiger partial charge >= 0.3 is 0 Å². The highest BCUT2D eigenvalue weighted by atomic mass is 29.3. The van der Waals surface area contributed by atoms with Crippen molar-refractivity contribution in [2.75, 3.05) is 0 Å². The average Bonchev–Trinajstić information content (AvgIpc) is 1.95. The molecule has 76 valence electrons. The van der Waals surface area contributed by atoms with E-state index in [4.69, 9.17) is 0 Å². The molecule has 1 aliphatic heterocycles. The summed E-state index contributed by atoms with van der Waals surface area (Å²) in [5.74, 6) is 0. The first-order valence-corrected chi connectivity index (χ1v) is 12.3. The van der Waals surface area contributed by atoms with E-state index in [9.17, 15) is 5.11 Å². The zero-order valence-electron chi connectivity index (χ0n) is 9.35. The second kappa shape index (κ2) is 3.37. The van der Waals surface area contributed by atoms with Gasteiger partial charge in [0.15, 0.2) is 0 Å². The van der Waals surface area contributed by atoms with Crippen molar-refractivity contribution in [3.05, 3.63) is 11.8 Å². The predicted octanol–water partition coefficient (Wildman–Crippen LogP) is 2.73. The third-order valence-electron chi connectivity index (χ3n) is 3.90. The first-order valence-electron chi connectivity index (χ1n) is 5.14. The Bertz CT molecular complexity index is 219. The lowest BCUT2D eigenvalue weighted by atomic mass is 10.2. The summed E-state index contributed by atoms with van der Waals surface area (Å²) < 4.78 is 0. The third-order valence-corrected chi connectivity index (χ3v) is 22.0. The monoisotopic (exact) mass is 214 g/mol. The van der Waals surface area contributed by atoms with E-state index >= 15 is 0 Å². The van der Waals surface area contributed by atoms with Gasteiger partial charge in [-0.2, -0.15) is 0 Å². The number of aliphatic hydroxyl groups excluding tert-OH is 1. The van der Waals surface area contributed by atoms with Crippen molar-refractivity contribution in [2.45, 2.75) is 51.2 Å². The van der Waals surface area contributed by atoms with E-state index in [1.165, 1.54) is 11.2 Å². The van der Waals surface area contributed by atoms with Gasteiger partial charge in [-0.05, 0) is 12.8 Å². The van der Waals surface area contributed by atoms with E-state index in [2.05, 4.69) is 32.8 Å². The lowest BCUT2D eigenvalue weighted by Crippen LogP contribution is -2.58. The highest BCUT2D eigenvalue weighted by Gasteiger charge is 2.45. The molecule has 0 aliphatic carbocycles. The van der Waals surface area contributed by atoms with Crippen LogP contribution < -0.4 is 0 Å². The Labute approximate surface area is 83.7 Å². The van der Waals surface area contributed by atoms with Crippen LogP contribution >= 0.6 is 0 Å². The highest BCUT2D eigenvalue weighted by Crippen LogP contribution is 2.37. The standard InChI is InChI=1S/C10H22OSi2/c1-9-8-10(11)6-7-13(9,5)12(2,3)4/h10-11H,1,6-8H2,2-5H3/t10-,13-/m0/s1. The molecule has 13 heavy (non-hydrogen) atoms. The lowest BCUT2D eigenvalue weighted by Gasteiger charge is -2.44. The Morgan fingerprint density at radius 1 is 1.46 bits per heavy atom. The van der Waals surface area contributed by atoms with Crippen molar-refractivity contribution in [1.29, 1.82) is 0 Å². The SMILES string of the molecule is C=C1C[C@@H](O)CC[Si@]1(C)[Si](C)(C)C. The summed E-state index contributed by atoms with van der Waals surface area (Å²) >= 11 is 0. The van der Waals surface area contributed by atoms with E-state index in [0.29, 0.717) is 0 Å². The minimum absolute atomic E-state index is 0.0931. The molecule has 0 spiro atoms. The van der Waals surface area contributed by atoms with E-state index in [-0.39, 0.29) is 6.10 Å². The summed E-state index contributed by atoms with van der Waals surface area (Å²) in [6, 6.07) is 1.27. The molecule has 0 bridgehead atoms. The van der Waals surface area contributed by atoms with E-state index in [1.807, 2.05) is 0 Å². The van der Waals surface area contributed by atoms with Gasteiger partial charge in [0, 0.05) is 7.59 Å². The lowest BCUT2D eigenvalue weighted by molar-refractivity contribution is 0.168. The number of hydrogen-bond donors (Lipinski definition) is 1. The Kier molecular flexibility index (Phi) is 2.90. The van der Waals surface area contributed by atoms with Gasteiger partial charge in [-0.25, -0.2) is 0 Å². The third kappa shape index (κ3) is 1.97. The van der Waals surface area contributed by atoms with Crippen LogP contribution in [-0.4, -0.2) is 26.4 Å². The quantitative estimate of drug-likeness (QED) is 0.666. The van der Waals surface area contributed by atoms with Crippen LogP contribution in [0.1, 0.15) is 12.8 Å². The van der Waals surface area contributed by atoms with E-state index in [0.717, 1.165) is 12.8 Å². The van der Waals surface area contributed by atoms with E-state index in [1.54, 1.807) is 0 Å². The molecule has 1 N–H and O–H groups in total. The molecule has 0 unspecified atom stereocenters. The van der Waals surface area contributed by atoms with Crippen molar-refractivity contribution in [3.8, 4) is 0 Å². The molecule has 0 aromatic rings.